The first-order valence-electron chi connectivity index (χ1n) is 5.67. The van der Waals surface area contributed by atoms with E-state index in [0.717, 1.165) is 0 Å². The zero-order chi connectivity index (χ0) is 13.8. The van der Waals surface area contributed by atoms with Crippen LogP contribution in [0.5, 0.6) is 11.8 Å². The Kier molecular flexibility index (Phi) is 3.74. The molecule has 0 aliphatic carbocycles. The largest absolute Gasteiger partial charge is 0.481 e. The highest BCUT2D eigenvalue weighted by atomic mass is 16.5. The number of ether oxygens (including phenoxy) is 2. The van der Waals surface area contributed by atoms with Crippen LogP contribution in [-0.2, 0) is 0 Å². The lowest BCUT2D eigenvalue weighted by molar-refractivity contribution is 0.395. The Morgan fingerprint density at radius 2 is 1.21 bits per heavy atom. The summed E-state index contributed by atoms with van der Waals surface area (Å²) in [5.41, 5.74) is 0. The molecule has 2 rings (SSSR count). The predicted molar refractivity (Wildman–Crippen MR) is 69.9 cm³/mol. The minimum atomic E-state index is 0.493. The van der Waals surface area contributed by atoms with E-state index < -0.39 is 0 Å². The van der Waals surface area contributed by atoms with Crippen LogP contribution in [0.2, 0.25) is 0 Å². The molecule has 0 spiro atoms. The second-order valence-electron chi connectivity index (χ2n) is 3.81. The highest BCUT2D eigenvalue weighted by Crippen LogP contribution is 2.19. The second kappa shape index (κ2) is 5.47. The van der Waals surface area contributed by atoms with Gasteiger partial charge in [0, 0.05) is 12.1 Å². The first kappa shape index (κ1) is 13.0. The summed E-state index contributed by atoms with van der Waals surface area (Å²) in [6, 6.07) is 3.38. The SMILES string of the molecule is COc1cc(Nc2cc(OC)nc(C)n2)nc(C)n1. The fraction of sp³-hybridized carbons (Fsp3) is 0.333. The summed E-state index contributed by atoms with van der Waals surface area (Å²) >= 11 is 0. The predicted octanol–water partition coefficient (Wildman–Crippen LogP) is 1.64. The van der Waals surface area contributed by atoms with Crippen molar-refractivity contribution in [2.24, 2.45) is 0 Å². The minimum absolute atomic E-state index is 0.493. The molecule has 2 aromatic rings. The number of nitrogens with one attached hydrogen (secondary N) is 1. The van der Waals surface area contributed by atoms with Crippen LogP contribution in [0.4, 0.5) is 11.6 Å². The molecule has 0 radical (unpaired) electrons. The van der Waals surface area contributed by atoms with Gasteiger partial charge in [0.25, 0.3) is 0 Å². The lowest BCUT2D eigenvalue weighted by Gasteiger charge is -2.08. The molecule has 7 heteroatoms. The first-order valence-corrected chi connectivity index (χ1v) is 5.67. The second-order valence-corrected chi connectivity index (χ2v) is 3.81. The van der Waals surface area contributed by atoms with Gasteiger partial charge in [-0.15, -0.1) is 0 Å². The Balaban J connectivity index is 2.30. The van der Waals surface area contributed by atoms with Crippen molar-refractivity contribution in [2.75, 3.05) is 19.5 Å². The van der Waals surface area contributed by atoms with Gasteiger partial charge in [-0.2, -0.15) is 9.97 Å². The summed E-state index contributed by atoms with van der Waals surface area (Å²) < 4.78 is 10.2. The third-order valence-corrected chi connectivity index (χ3v) is 2.30. The molecule has 1 N–H and O–H groups in total. The number of hydrogen-bond acceptors (Lipinski definition) is 7. The normalized spacial score (nSPS) is 10.1. The van der Waals surface area contributed by atoms with Gasteiger partial charge in [-0.05, 0) is 13.8 Å². The summed E-state index contributed by atoms with van der Waals surface area (Å²) in [4.78, 5) is 16.7. The van der Waals surface area contributed by atoms with Crippen LogP contribution in [0.25, 0.3) is 0 Å². The summed E-state index contributed by atoms with van der Waals surface area (Å²) in [5.74, 6) is 3.41. The van der Waals surface area contributed by atoms with Gasteiger partial charge in [0.2, 0.25) is 11.8 Å². The van der Waals surface area contributed by atoms with E-state index >= 15 is 0 Å². The molecule has 0 fully saturated rings. The molecule has 0 aliphatic rings. The molecular formula is C12H15N5O2. The number of anilines is 2. The molecule has 100 valence electrons. The quantitative estimate of drug-likeness (QED) is 0.895. The number of aromatic nitrogens is 4. The number of nitrogens with zero attached hydrogens (tertiary/aromatic N) is 4. The lowest BCUT2D eigenvalue weighted by Crippen LogP contribution is -2.02. The molecule has 0 saturated heterocycles. The molecule has 0 amide bonds. The molecule has 0 unspecified atom stereocenters. The minimum Gasteiger partial charge on any atom is -0.481 e. The van der Waals surface area contributed by atoms with E-state index in [-0.39, 0.29) is 0 Å². The van der Waals surface area contributed by atoms with E-state index in [9.17, 15) is 0 Å². The average Bonchev–Trinajstić information content (AvgIpc) is 2.37. The van der Waals surface area contributed by atoms with Crippen molar-refractivity contribution in [3.05, 3.63) is 23.8 Å². The van der Waals surface area contributed by atoms with Gasteiger partial charge in [0.1, 0.15) is 23.3 Å². The molecule has 0 saturated carbocycles. The molecule has 7 nitrogen and oxygen atoms in total. The lowest BCUT2D eigenvalue weighted by atomic mass is 10.4. The Morgan fingerprint density at radius 3 is 1.58 bits per heavy atom. The molecule has 0 aliphatic heterocycles. The highest BCUT2D eigenvalue weighted by molar-refractivity contribution is 5.53. The van der Waals surface area contributed by atoms with E-state index in [4.69, 9.17) is 9.47 Å². The number of methoxy groups -OCH3 is 2. The third kappa shape index (κ3) is 3.27. The number of aryl methyl sites for hydroxylation is 2. The van der Waals surface area contributed by atoms with E-state index in [0.29, 0.717) is 35.0 Å². The summed E-state index contributed by atoms with van der Waals surface area (Å²) in [6.07, 6.45) is 0. The summed E-state index contributed by atoms with van der Waals surface area (Å²) in [7, 11) is 3.12. The van der Waals surface area contributed by atoms with Crippen molar-refractivity contribution in [1.29, 1.82) is 0 Å². The zero-order valence-electron chi connectivity index (χ0n) is 11.3. The highest BCUT2D eigenvalue weighted by Gasteiger charge is 2.06. The monoisotopic (exact) mass is 261 g/mol. The molecular weight excluding hydrogens is 246 g/mol. The van der Waals surface area contributed by atoms with Gasteiger partial charge in [-0.1, -0.05) is 0 Å². The Hall–Kier alpha value is -2.44. The topological polar surface area (TPSA) is 82.0 Å². The smallest absolute Gasteiger partial charge is 0.218 e. The maximum absolute atomic E-state index is 5.09. The van der Waals surface area contributed by atoms with Crippen LogP contribution < -0.4 is 14.8 Å². The number of hydrogen-bond donors (Lipinski definition) is 1. The Labute approximate surface area is 111 Å². The Morgan fingerprint density at radius 1 is 0.789 bits per heavy atom. The number of rotatable bonds is 4. The van der Waals surface area contributed by atoms with Gasteiger partial charge in [-0.25, -0.2) is 9.97 Å². The van der Waals surface area contributed by atoms with Gasteiger partial charge in [0.15, 0.2) is 0 Å². The van der Waals surface area contributed by atoms with E-state index in [2.05, 4.69) is 25.3 Å². The third-order valence-electron chi connectivity index (χ3n) is 2.30. The van der Waals surface area contributed by atoms with E-state index in [1.165, 1.54) is 0 Å². The van der Waals surface area contributed by atoms with Crippen molar-refractivity contribution in [3.8, 4) is 11.8 Å². The molecule has 0 atom stereocenters. The van der Waals surface area contributed by atoms with Crippen molar-refractivity contribution in [3.63, 3.8) is 0 Å². The van der Waals surface area contributed by atoms with Crippen molar-refractivity contribution >= 4 is 11.6 Å². The van der Waals surface area contributed by atoms with Crippen molar-refractivity contribution in [2.45, 2.75) is 13.8 Å². The molecule has 0 bridgehead atoms. The van der Waals surface area contributed by atoms with Crippen molar-refractivity contribution < 1.29 is 9.47 Å². The summed E-state index contributed by atoms with van der Waals surface area (Å²) in [5, 5.41) is 3.07. The zero-order valence-corrected chi connectivity index (χ0v) is 11.3. The van der Waals surface area contributed by atoms with E-state index in [1.54, 1.807) is 40.2 Å². The fourth-order valence-electron chi connectivity index (χ4n) is 1.55. The average molecular weight is 261 g/mol. The van der Waals surface area contributed by atoms with Gasteiger partial charge >= 0.3 is 0 Å². The maximum atomic E-state index is 5.09. The molecule has 0 aromatic carbocycles. The van der Waals surface area contributed by atoms with Crippen molar-refractivity contribution in [1.82, 2.24) is 19.9 Å². The Bertz CT molecular complexity index is 537. The van der Waals surface area contributed by atoms with Crippen LogP contribution in [-0.4, -0.2) is 34.2 Å². The van der Waals surface area contributed by atoms with Gasteiger partial charge in [0.05, 0.1) is 14.2 Å². The van der Waals surface area contributed by atoms with Crippen LogP contribution in [0.1, 0.15) is 11.6 Å². The molecule has 2 heterocycles. The van der Waals surface area contributed by atoms with Crippen LogP contribution >= 0.6 is 0 Å². The van der Waals surface area contributed by atoms with Crippen LogP contribution in [0.3, 0.4) is 0 Å². The maximum Gasteiger partial charge on any atom is 0.218 e. The van der Waals surface area contributed by atoms with Crippen LogP contribution in [0.15, 0.2) is 12.1 Å². The fourth-order valence-corrected chi connectivity index (χ4v) is 1.55. The molecule has 2 aromatic heterocycles. The summed E-state index contributed by atoms with van der Waals surface area (Å²) in [6.45, 7) is 3.58. The standard InChI is InChI=1S/C12H15N5O2/c1-7-13-9(5-11(15-7)18-3)17-10-6-12(19-4)16-8(2)14-10/h5-6H,1-4H3,(H,13,14,15,16,17). The van der Waals surface area contributed by atoms with Gasteiger partial charge in [-0.3, -0.25) is 0 Å². The molecule has 19 heavy (non-hydrogen) atoms. The van der Waals surface area contributed by atoms with Crippen LogP contribution in [0, 0.1) is 13.8 Å². The van der Waals surface area contributed by atoms with E-state index in [1.807, 2.05) is 0 Å². The van der Waals surface area contributed by atoms with Gasteiger partial charge < -0.3 is 14.8 Å². The first-order chi connectivity index (χ1) is 9.10.